The molecule has 1 N–H and O–H groups in total. The van der Waals surface area contributed by atoms with Gasteiger partial charge >= 0.3 is 5.97 Å². The highest BCUT2D eigenvalue weighted by Gasteiger charge is 2.19. The minimum Gasteiger partial charge on any atom is -0.482 e. The molecule has 0 aliphatic carbocycles. The second kappa shape index (κ2) is 10.7. The van der Waals surface area contributed by atoms with E-state index in [2.05, 4.69) is 28.6 Å². The van der Waals surface area contributed by atoms with Gasteiger partial charge in [-0.3, -0.25) is 0 Å². The first-order valence-corrected chi connectivity index (χ1v) is 13.6. The summed E-state index contributed by atoms with van der Waals surface area (Å²) in [5, 5.41) is 15.1. The summed E-state index contributed by atoms with van der Waals surface area (Å²) in [5.74, 6) is 0.929. The van der Waals surface area contributed by atoms with E-state index in [0.29, 0.717) is 5.75 Å². The largest absolute Gasteiger partial charge is 0.482 e. The average molecular weight is 540 g/mol. The topological polar surface area (TPSA) is 92.4 Å². The third-order valence-electron chi connectivity index (χ3n) is 6.73. The second-order valence-corrected chi connectivity index (χ2v) is 11.0. The number of hydrogen-bond donors (Lipinski definition) is 1. The molecule has 9 nitrogen and oxygen atoms in total. The van der Waals surface area contributed by atoms with Crippen LogP contribution in [0.5, 0.6) is 5.75 Å². The number of carbonyl (C=O) groups is 1. The van der Waals surface area contributed by atoms with E-state index in [1.54, 1.807) is 0 Å². The van der Waals surface area contributed by atoms with Crippen molar-refractivity contribution in [1.82, 2.24) is 19.6 Å². The number of esters is 1. The Balaban J connectivity index is 1.22. The van der Waals surface area contributed by atoms with Crippen LogP contribution >= 0.6 is 0 Å². The van der Waals surface area contributed by atoms with Gasteiger partial charge in [0.15, 0.2) is 18.7 Å². The Morgan fingerprint density at radius 1 is 1.05 bits per heavy atom. The smallest absolute Gasteiger partial charge is 0.344 e. The Kier molecular flexibility index (Phi) is 6.89. The fraction of sp³-hybridized carbons (Fsp3) is 0.323. The number of carbonyl (C=O) groups excluding carboxylic acids is 1. The highest BCUT2D eigenvalue weighted by Crippen LogP contribution is 2.31. The predicted octanol–water partition coefficient (Wildman–Crippen LogP) is 6.54. The van der Waals surface area contributed by atoms with E-state index in [1.165, 1.54) is 0 Å². The van der Waals surface area contributed by atoms with Gasteiger partial charge in [-0.05, 0) is 94.6 Å². The third-order valence-corrected chi connectivity index (χ3v) is 6.73. The molecule has 0 saturated carbocycles. The number of aromatic nitrogens is 4. The maximum absolute atomic E-state index is 12.0. The average Bonchev–Trinajstić information content (AvgIpc) is 3.53. The van der Waals surface area contributed by atoms with Gasteiger partial charge in [-0.1, -0.05) is 12.1 Å². The lowest BCUT2D eigenvalue weighted by molar-refractivity contribution is -0.157. The van der Waals surface area contributed by atoms with Gasteiger partial charge in [0.05, 0.1) is 22.9 Å². The number of benzene rings is 3. The summed E-state index contributed by atoms with van der Waals surface area (Å²) in [6.07, 6.45) is 5.14. The number of hydrogen-bond acceptors (Lipinski definition) is 7. The first-order chi connectivity index (χ1) is 19.3. The van der Waals surface area contributed by atoms with Crippen molar-refractivity contribution in [2.24, 2.45) is 0 Å². The lowest BCUT2D eigenvalue weighted by atomic mass is 10.2. The zero-order valence-electron chi connectivity index (χ0n) is 23.0. The minimum absolute atomic E-state index is 0.00111. The molecule has 1 saturated heterocycles. The molecular formula is C31H33N5O4. The number of nitrogens with one attached hydrogen (secondary N) is 1. The molecule has 0 amide bonds. The molecule has 2 aromatic heterocycles. The van der Waals surface area contributed by atoms with Gasteiger partial charge in [-0.25, -0.2) is 14.2 Å². The monoisotopic (exact) mass is 539 g/mol. The van der Waals surface area contributed by atoms with Gasteiger partial charge in [0, 0.05) is 23.1 Å². The second-order valence-electron chi connectivity index (χ2n) is 11.0. The molecule has 5 aromatic rings. The molecule has 0 radical (unpaired) electrons. The number of para-hydroxylation sites is 1. The highest BCUT2D eigenvalue weighted by atomic mass is 16.6. The Bertz CT molecular complexity index is 1640. The van der Waals surface area contributed by atoms with Gasteiger partial charge < -0.3 is 19.5 Å². The quantitative estimate of drug-likeness (QED) is 0.235. The molecule has 1 atom stereocenters. The predicted molar refractivity (Wildman–Crippen MR) is 154 cm³/mol. The minimum atomic E-state index is -0.547. The van der Waals surface area contributed by atoms with Crippen molar-refractivity contribution in [3.8, 4) is 11.4 Å². The number of rotatable bonds is 7. The molecule has 3 heterocycles. The van der Waals surface area contributed by atoms with E-state index in [9.17, 15) is 4.79 Å². The fourth-order valence-corrected chi connectivity index (χ4v) is 4.97. The van der Waals surface area contributed by atoms with Crippen LogP contribution in [-0.2, 0) is 14.3 Å². The summed E-state index contributed by atoms with van der Waals surface area (Å²) in [7, 11) is 0. The van der Waals surface area contributed by atoms with Crippen LogP contribution in [0.25, 0.3) is 27.5 Å². The molecule has 3 aromatic carbocycles. The van der Waals surface area contributed by atoms with E-state index in [0.717, 1.165) is 64.9 Å². The summed E-state index contributed by atoms with van der Waals surface area (Å²) < 4.78 is 20.8. The summed E-state index contributed by atoms with van der Waals surface area (Å²) in [6.45, 7) is 6.13. The van der Waals surface area contributed by atoms with E-state index >= 15 is 0 Å². The van der Waals surface area contributed by atoms with E-state index in [1.807, 2.05) is 84.9 Å². The number of fused-ring (bicyclic) bond motifs is 2. The summed E-state index contributed by atoms with van der Waals surface area (Å²) >= 11 is 0. The van der Waals surface area contributed by atoms with E-state index in [-0.39, 0.29) is 12.8 Å². The summed E-state index contributed by atoms with van der Waals surface area (Å²) in [5.41, 5.74) is 3.28. The van der Waals surface area contributed by atoms with Crippen LogP contribution in [0.3, 0.4) is 0 Å². The zero-order valence-corrected chi connectivity index (χ0v) is 23.0. The number of ether oxygens (including phenoxy) is 3. The van der Waals surface area contributed by atoms with Crippen molar-refractivity contribution in [3.63, 3.8) is 0 Å². The first-order valence-electron chi connectivity index (χ1n) is 13.6. The molecule has 0 spiro atoms. The third kappa shape index (κ3) is 5.51. The number of nitrogens with zero attached hydrogens (tertiary/aromatic N) is 4. The van der Waals surface area contributed by atoms with Gasteiger partial charge in [-0.15, -0.1) is 5.10 Å². The van der Waals surface area contributed by atoms with Gasteiger partial charge in [0.1, 0.15) is 11.4 Å². The molecule has 1 aliphatic rings. The van der Waals surface area contributed by atoms with E-state index in [4.69, 9.17) is 19.3 Å². The lowest BCUT2D eigenvalue weighted by Crippen LogP contribution is -2.27. The Morgan fingerprint density at radius 2 is 1.88 bits per heavy atom. The maximum atomic E-state index is 12.0. The normalized spacial score (nSPS) is 15.8. The van der Waals surface area contributed by atoms with Gasteiger partial charge in [-0.2, -0.15) is 5.10 Å². The van der Waals surface area contributed by atoms with Crippen LogP contribution in [0.4, 0.5) is 11.5 Å². The van der Waals surface area contributed by atoms with Crippen molar-refractivity contribution < 1.29 is 19.0 Å². The molecule has 6 rings (SSSR count). The zero-order chi connectivity index (χ0) is 27.7. The molecule has 1 fully saturated rings. The van der Waals surface area contributed by atoms with Crippen molar-refractivity contribution in [2.75, 3.05) is 18.5 Å². The molecule has 40 heavy (non-hydrogen) atoms. The van der Waals surface area contributed by atoms with Crippen molar-refractivity contribution >= 4 is 39.3 Å². The van der Waals surface area contributed by atoms with Crippen molar-refractivity contribution in [3.05, 3.63) is 72.9 Å². The molecule has 1 aliphatic heterocycles. The van der Waals surface area contributed by atoms with Crippen molar-refractivity contribution in [2.45, 2.75) is 51.9 Å². The molecule has 9 heteroatoms. The lowest BCUT2D eigenvalue weighted by Gasteiger charge is -2.23. The summed E-state index contributed by atoms with van der Waals surface area (Å²) in [4.78, 5) is 12.0. The maximum Gasteiger partial charge on any atom is 0.344 e. The number of anilines is 2. The first kappa shape index (κ1) is 25.9. The van der Waals surface area contributed by atoms with Gasteiger partial charge in [0.2, 0.25) is 0 Å². The van der Waals surface area contributed by atoms with Gasteiger partial charge in [0.25, 0.3) is 0 Å². The molecule has 1 unspecified atom stereocenters. The van der Waals surface area contributed by atoms with Crippen LogP contribution in [0, 0.1) is 0 Å². The molecule has 0 bridgehead atoms. The highest BCUT2D eigenvalue weighted by molar-refractivity contribution is 5.94. The van der Waals surface area contributed by atoms with E-state index < -0.39 is 11.6 Å². The summed E-state index contributed by atoms with van der Waals surface area (Å²) in [6, 6.07) is 21.8. The fourth-order valence-electron chi connectivity index (χ4n) is 4.97. The van der Waals surface area contributed by atoms with Crippen LogP contribution in [0.15, 0.2) is 72.9 Å². The van der Waals surface area contributed by atoms with Crippen LogP contribution in [-0.4, -0.2) is 44.3 Å². The van der Waals surface area contributed by atoms with Crippen LogP contribution < -0.4 is 10.1 Å². The van der Waals surface area contributed by atoms with Crippen molar-refractivity contribution in [1.29, 1.82) is 0 Å². The Morgan fingerprint density at radius 3 is 2.65 bits per heavy atom. The Labute approximate surface area is 232 Å². The Hall–Kier alpha value is -4.37. The SMILES string of the molecule is CC(C)(C)OC(=O)COc1ccc(-n2nc(Nc3ccc4c(cnn4C4CCCCO4)c3)c3ccccc32)cc1. The molecular weight excluding hydrogens is 506 g/mol. The van der Waals surface area contributed by atoms with Crippen LogP contribution in [0.1, 0.15) is 46.3 Å². The molecule has 206 valence electrons. The standard InChI is InChI=1S/C31H33N5O4/c1-31(2,3)40-29(37)20-39-24-14-12-23(13-15-24)35-27-9-5-4-8-25(27)30(34-35)33-22-11-16-26-21(18-22)19-32-36(26)28-10-6-7-17-38-28/h4-5,8-9,11-16,18-19,28H,6-7,10,17,20H2,1-3H3,(H,33,34). The van der Waals surface area contributed by atoms with Crippen LogP contribution in [0.2, 0.25) is 0 Å².